The second-order valence-electron chi connectivity index (χ2n) is 3.72. The van der Waals surface area contributed by atoms with E-state index in [4.69, 9.17) is 10.6 Å². The minimum absolute atomic E-state index is 0.132. The van der Waals surface area contributed by atoms with Crippen LogP contribution >= 0.6 is 0 Å². The number of hydrogen-bond acceptors (Lipinski definition) is 5. The Kier molecular flexibility index (Phi) is 4.01. The van der Waals surface area contributed by atoms with Gasteiger partial charge in [-0.1, -0.05) is 23.8 Å². The summed E-state index contributed by atoms with van der Waals surface area (Å²) < 4.78 is 0. The van der Waals surface area contributed by atoms with Gasteiger partial charge in [0.05, 0.1) is 12.3 Å². The number of para-hydroxylation sites is 1. The molecule has 94 valence electrons. The Hall–Kier alpha value is -2.24. The van der Waals surface area contributed by atoms with Gasteiger partial charge >= 0.3 is 0 Å². The van der Waals surface area contributed by atoms with Crippen molar-refractivity contribution in [3.05, 3.63) is 54.1 Å². The predicted octanol–water partition coefficient (Wildman–Crippen LogP) is 1.67. The lowest BCUT2D eigenvalue weighted by Gasteiger charge is -2.12. The second-order valence-corrected chi connectivity index (χ2v) is 3.72. The highest BCUT2D eigenvalue weighted by Crippen LogP contribution is 2.20. The van der Waals surface area contributed by atoms with Gasteiger partial charge in [0.2, 0.25) is 0 Å². The number of benzene rings is 2. The van der Waals surface area contributed by atoms with Crippen molar-refractivity contribution in [2.75, 3.05) is 11.2 Å². The van der Waals surface area contributed by atoms with E-state index in [1.165, 1.54) is 0 Å². The standard InChI is InChI=1S/C13H15N3O2/c14-11-6-7-13(10(8-11)9-17)18-16-15-12-4-2-1-3-5-12/h1-8,15-17H,9,14H2. The highest BCUT2D eigenvalue weighted by Gasteiger charge is 2.03. The molecule has 5 heteroatoms. The van der Waals surface area contributed by atoms with Crippen molar-refractivity contribution >= 4 is 11.4 Å². The van der Waals surface area contributed by atoms with Crippen molar-refractivity contribution in [2.24, 2.45) is 0 Å². The Morgan fingerprint density at radius 1 is 1.11 bits per heavy atom. The summed E-state index contributed by atoms with van der Waals surface area (Å²) in [6.07, 6.45) is 0. The number of hydrazine groups is 1. The summed E-state index contributed by atoms with van der Waals surface area (Å²) in [5.74, 6) is 0.523. The van der Waals surface area contributed by atoms with E-state index in [1.54, 1.807) is 18.2 Å². The van der Waals surface area contributed by atoms with Gasteiger partial charge in [0.1, 0.15) is 0 Å². The van der Waals surface area contributed by atoms with E-state index in [2.05, 4.69) is 11.0 Å². The molecule has 2 aromatic rings. The van der Waals surface area contributed by atoms with Crippen LogP contribution in [0.25, 0.3) is 0 Å². The second kappa shape index (κ2) is 5.90. The molecule has 0 aliphatic rings. The fourth-order valence-corrected chi connectivity index (χ4v) is 1.48. The van der Waals surface area contributed by atoms with Gasteiger partial charge in [0, 0.05) is 11.3 Å². The van der Waals surface area contributed by atoms with Gasteiger partial charge in [0.15, 0.2) is 5.75 Å². The largest absolute Gasteiger partial charge is 0.399 e. The van der Waals surface area contributed by atoms with Crippen LogP contribution in [0, 0.1) is 0 Å². The summed E-state index contributed by atoms with van der Waals surface area (Å²) in [6.45, 7) is -0.132. The number of nitrogens with two attached hydrogens (primary N) is 1. The van der Waals surface area contributed by atoms with Crippen LogP contribution in [0.5, 0.6) is 5.75 Å². The first-order valence-electron chi connectivity index (χ1n) is 5.52. The molecule has 2 rings (SSSR count). The maximum atomic E-state index is 9.18. The van der Waals surface area contributed by atoms with Crippen LogP contribution < -0.4 is 21.6 Å². The topological polar surface area (TPSA) is 79.5 Å². The molecule has 0 heterocycles. The normalized spacial score (nSPS) is 10.1. The average molecular weight is 245 g/mol. The minimum atomic E-state index is -0.132. The molecule has 0 radical (unpaired) electrons. The number of aliphatic hydroxyl groups is 1. The third kappa shape index (κ3) is 3.13. The molecule has 0 saturated heterocycles. The van der Waals surface area contributed by atoms with E-state index >= 15 is 0 Å². The summed E-state index contributed by atoms with van der Waals surface area (Å²) in [5, 5.41) is 9.18. The molecular weight excluding hydrogens is 230 g/mol. The predicted molar refractivity (Wildman–Crippen MR) is 70.6 cm³/mol. The Labute approximate surface area is 105 Å². The number of nitrogens with one attached hydrogen (secondary N) is 2. The van der Waals surface area contributed by atoms with Gasteiger partial charge in [-0.2, -0.15) is 0 Å². The molecule has 0 atom stereocenters. The Morgan fingerprint density at radius 3 is 2.61 bits per heavy atom. The van der Waals surface area contributed by atoms with Gasteiger partial charge < -0.3 is 15.7 Å². The molecular formula is C13H15N3O2. The van der Waals surface area contributed by atoms with Crippen molar-refractivity contribution in [3.63, 3.8) is 0 Å². The summed E-state index contributed by atoms with van der Waals surface area (Å²) >= 11 is 0. The number of aliphatic hydroxyl groups excluding tert-OH is 1. The van der Waals surface area contributed by atoms with Crippen molar-refractivity contribution in [3.8, 4) is 5.75 Å². The smallest absolute Gasteiger partial charge is 0.155 e. The van der Waals surface area contributed by atoms with Crippen LogP contribution in [0.15, 0.2) is 48.5 Å². The molecule has 0 unspecified atom stereocenters. The van der Waals surface area contributed by atoms with E-state index in [1.807, 2.05) is 30.3 Å². The van der Waals surface area contributed by atoms with Crippen LogP contribution in [0.3, 0.4) is 0 Å². The summed E-state index contributed by atoms with van der Waals surface area (Å²) in [5.41, 5.74) is 13.2. The van der Waals surface area contributed by atoms with E-state index in [0.717, 1.165) is 5.69 Å². The van der Waals surface area contributed by atoms with E-state index in [0.29, 0.717) is 17.0 Å². The molecule has 0 spiro atoms. The molecule has 5 N–H and O–H groups in total. The zero-order valence-corrected chi connectivity index (χ0v) is 9.76. The van der Waals surface area contributed by atoms with Crippen molar-refractivity contribution in [1.29, 1.82) is 0 Å². The van der Waals surface area contributed by atoms with Gasteiger partial charge in [-0.25, -0.2) is 0 Å². The van der Waals surface area contributed by atoms with Crippen LogP contribution in [-0.4, -0.2) is 5.11 Å². The Morgan fingerprint density at radius 2 is 1.89 bits per heavy atom. The highest BCUT2D eigenvalue weighted by molar-refractivity contribution is 5.47. The van der Waals surface area contributed by atoms with Crippen molar-refractivity contribution in [1.82, 2.24) is 5.59 Å². The Balaban J connectivity index is 1.94. The van der Waals surface area contributed by atoms with Gasteiger partial charge in [-0.15, -0.1) is 0 Å². The first-order chi connectivity index (χ1) is 8.79. The molecule has 0 bridgehead atoms. The Bertz CT molecular complexity index is 503. The molecule has 0 saturated carbocycles. The third-order valence-corrected chi connectivity index (χ3v) is 2.39. The monoisotopic (exact) mass is 245 g/mol. The number of hydrogen-bond donors (Lipinski definition) is 4. The summed E-state index contributed by atoms with van der Waals surface area (Å²) in [7, 11) is 0. The van der Waals surface area contributed by atoms with Crippen molar-refractivity contribution < 1.29 is 9.94 Å². The molecule has 2 aromatic carbocycles. The van der Waals surface area contributed by atoms with Crippen molar-refractivity contribution in [2.45, 2.75) is 6.61 Å². The van der Waals surface area contributed by atoms with E-state index in [9.17, 15) is 5.11 Å². The minimum Gasteiger partial charge on any atom is -0.399 e. The zero-order valence-electron chi connectivity index (χ0n) is 9.76. The summed E-state index contributed by atoms with van der Waals surface area (Å²) in [4.78, 5) is 5.31. The van der Waals surface area contributed by atoms with Crippen LogP contribution in [-0.2, 0) is 6.61 Å². The number of nitrogen functional groups attached to an aromatic ring is 1. The maximum Gasteiger partial charge on any atom is 0.155 e. The fourth-order valence-electron chi connectivity index (χ4n) is 1.48. The van der Waals surface area contributed by atoms with Crippen LogP contribution in [0.1, 0.15) is 5.56 Å². The fraction of sp³-hybridized carbons (Fsp3) is 0.0769. The molecule has 0 aliphatic heterocycles. The molecule has 18 heavy (non-hydrogen) atoms. The molecule has 0 aliphatic carbocycles. The van der Waals surface area contributed by atoms with E-state index in [-0.39, 0.29) is 6.61 Å². The lowest BCUT2D eigenvalue weighted by molar-refractivity contribution is 0.208. The van der Waals surface area contributed by atoms with Gasteiger partial charge in [-0.05, 0) is 30.3 Å². The SMILES string of the molecule is Nc1ccc(ONNc2ccccc2)c(CO)c1. The highest BCUT2D eigenvalue weighted by atomic mass is 16.7. The maximum absolute atomic E-state index is 9.18. The third-order valence-electron chi connectivity index (χ3n) is 2.39. The first kappa shape index (κ1) is 12.2. The van der Waals surface area contributed by atoms with E-state index < -0.39 is 0 Å². The first-order valence-corrected chi connectivity index (χ1v) is 5.52. The lowest BCUT2D eigenvalue weighted by Crippen LogP contribution is -2.25. The molecule has 5 nitrogen and oxygen atoms in total. The van der Waals surface area contributed by atoms with Gasteiger partial charge in [-0.3, -0.25) is 5.43 Å². The molecule has 0 aromatic heterocycles. The molecule has 0 amide bonds. The van der Waals surface area contributed by atoms with Crippen LogP contribution in [0.2, 0.25) is 0 Å². The quantitative estimate of drug-likeness (QED) is 0.476. The lowest BCUT2D eigenvalue weighted by atomic mass is 10.2. The zero-order chi connectivity index (χ0) is 12.8. The van der Waals surface area contributed by atoms with Gasteiger partial charge in [0.25, 0.3) is 0 Å². The number of anilines is 2. The summed E-state index contributed by atoms with van der Waals surface area (Å²) in [6, 6.07) is 14.6. The number of rotatable bonds is 5. The molecule has 0 fully saturated rings. The average Bonchev–Trinajstić information content (AvgIpc) is 2.41. The van der Waals surface area contributed by atoms with Crippen LogP contribution in [0.4, 0.5) is 11.4 Å².